The fraction of sp³-hybridized carbons (Fsp3) is 0.500. The molecule has 1 fully saturated rings. The Morgan fingerprint density at radius 3 is 2.79 bits per heavy atom. The molecule has 0 aromatic carbocycles. The molecule has 2 N–H and O–H groups in total. The van der Waals surface area contributed by atoms with Crippen LogP contribution in [0.5, 0.6) is 5.75 Å². The van der Waals surface area contributed by atoms with Crippen LogP contribution in [0.2, 0.25) is 0 Å². The van der Waals surface area contributed by atoms with Gasteiger partial charge in [-0.1, -0.05) is 0 Å². The lowest BCUT2D eigenvalue weighted by Crippen LogP contribution is -2.42. The molecule has 24 heavy (non-hydrogen) atoms. The van der Waals surface area contributed by atoms with Crippen molar-refractivity contribution in [3.63, 3.8) is 0 Å². The summed E-state index contributed by atoms with van der Waals surface area (Å²) in [5.41, 5.74) is 7.21. The normalized spacial score (nSPS) is 18.0. The van der Waals surface area contributed by atoms with Gasteiger partial charge in [0.1, 0.15) is 17.5 Å². The molecule has 2 aromatic heterocycles. The number of pyridine rings is 1. The minimum atomic E-state index is -2.56. The van der Waals surface area contributed by atoms with Gasteiger partial charge in [-0.25, -0.2) is 13.8 Å². The van der Waals surface area contributed by atoms with E-state index in [0.717, 1.165) is 31.7 Å². The van der Waals surface area contributed by atoms with Crippen LogP contribution in [0, 0.1) is 0 Å². The maximum Gasteiger partial charge on any atom is 0.281 e. The third-order valence-corrected chi connectivity index (χ3v) is 5.16. The predicted octanol–water partition coefficient (Wildman–Crippen LogP) is 3.02. The van der Waals surface area contributed by atoms with Crippen molar-refractivity contribution in [2.45, 2.75) is 31.4 Å². The fourth-order valence-corrected chi connectivity index (χ4v) is 3.96. The van der Waals surface area contributed by atoms with Gasteiger partial charge in [0.15, 0.2) is 0 Å². The maximum absolute atomic E-state index is 13.1. The van der Waals surface area contributed by atoms with Gasteiger partial charge in [0.05, 0.1) is 22.6 Å². The molecule has 0 aliphatic carbocycles. The second kappa shape index (κ2) is 7.96. The number of nitrogens with two attached hydrogens (primary N) is 1. The molecule has 1 saturated heterocycles. The molecule has 0 bridgehead atoms. The minimum absolute atomic E-state index is 0.111. The van der Waals surface area contributed by atoms with Crippen LogP contribution in [0.25, 0.3) is 0 Å². The average Bonchev–Trinajstić information content (AvgIpc) is 3.08. The van der Waals surface area contributed by atoms with Crippen LogP contribution < -0.4 is 10.5 Å². The Labute approximate surface area is 143 Å². The maximum atomic E-state index is 13.1. The molecule has 1 aliphatic heterocycles. The zero-order chi connectivity index (χ0) is 16.9. The van der Waals surface area contributed by atoms with Crippen molar-refractivity contribution in [1.82, 2.24) is 14.9 Å². The number of aromatic nitrogens is 2. The number of hydrogen-bond donors (Lipinski definition) is 1. The van der Waals surface area contributed by atoms with Crippen molar-refractivity contribution < 1.29 is 13.5 Å². The molecule has 130 valence electrons. The first-order chi connectivity index (χ1) is 11.7. The highest BCUT2D eigenvalue weighted by atomic mass is 32.1. The van der Waals surface area contributed by atoms with E-state index in [1.807, 2.05) is 12.1 Å². The molecular formula is C16H20F2N4OS. The van der Waals surface area contributed by atoms with E-state index in [-0.39, 0.29) is 17.8 Å². The summed E-state index contributed by atoms with van der Waals surface area (Å²) in [5.74, 6) is 0.758. The van der Waals surface area contributed by atoms with Crippen molar-refractivity contribution in [2.75, 3.05) is 19.6 Å². The number of ether oxygens (including phenoxy) is 1. The lowest BCUT2D eigenvalue weighted by Gasteiger charge is -2.36. The quantitative estimate of drug-likeness (QED) is 0.864. The number of piperidine rings is 1. The van der Waals surface area contributed by atoms with Gasteiger partial charge < -0.3 is 10.5 Å². The first-order valence-electron chi connectivity index (χ1n) is 7.91. The van der Waals surface area contributed by atoms with Gasteiger partial charge in [-0.2, -0.15) is 0 Å². The monoisotopic (exact) mass is 354 g/mol. The Hall–Kier alpha value is -1.64. The van der Waals surface area contributed by atoms with Crippen molar-refractivity contribution in [3.8, 4) is 5.75 Å². The van der Waals surface area contributed by atoms with Gasteiger partial charge in [-0.3, -0.25) is 9.88 Å². The molecule has 1 aliphatic rings. The summed E-state index contributed by atoms with van der Waals surface area (Å²) >= 11 is 1.26. The number of nitrogens with zero attached hydrogens (tertiary/aromatic N) is 3. The van der Waals surface area contributed by atoms with Crippen LogP contribution in [0.3, 0.4) is 0 Å². The molecular weight excluding hydrogens is 334 g/mol. The molecule has 0 radical (unpaired) electrons. The average molecular weight is 354 g/mol. The van der Waals surface area contributed by atoms with Crippen molar-refractivity contribution in [3.05, 3.63) is 40.6 Å². The zero-order valence-electron chi connectivity index (χ0n) is 13.1. The molecule has 1 atom stereocenters. The van der Waals surface area contributed by atoms with E-state index < -0.39 is 6.43 Å². The van der Waals surface area contributed by atoms with E-state index in [9.17, 15) is 8.78 Å². The summed E-state index contributed by atoms with van der Waals surface area (Å²) in [6.45, 7) is 1.82. The summed E-state index contributed by atoms with van der Waals surface area (Å²) in [6.07, 6.45) is 2.60. The molecule has 3 rings (SSSR count). The standard InChI is InChI=1S/C16H20F2N4OS/c17-16(18)14-15(24-10-21-14)13(8-19)22-6-3-11(4-7-22)23-12-2-1-5-20-9-12/h1-2,5,9-11,13,16H,3-4,6-8,19H2. The van der Waals surface area contributed by atoms with Crippen molar-refractivity contribution >= 4 is 11.3 Å². The highest BCUT2D eigenvalue weighted by Crippen LogP contribution is 2.34. The van der Waals surface area contributed by atoms with E-state index in [1.54, 1.807) is 12.4 Å². The number of alkyl halides is 2. The Morgan fingerprint density at radius 1 is 1.38 bits per heavy atom. The molecule has 0 saturated carbocycles. The number of hydrogen-bond acceptors (Lipinski definition) is 6. The summed E-state index contributed by atoms with van der Waals surface area (Å²) in [7, 11) is 0. The van der Waals surface area contributed by atoms with Gasteiger partial charge in [0.2, 0.25) is 0 Å². The molecule has 2 aromatic rings. The van der Waals surface area contributed by atoms with Crippen LogP contribution in [0.1, 0.15) is 35.9 Å². The second-order valence-electron chi connectivity index (χ2n) is 5.70. The van der Waals surface area contributed by atoms with E-state index >= 15 is 0 Å². The molecule has 0 spiro atoms. The van der Waals surface area contributed by atoms with Crippen LogP contribution in [0.4, 0.5) is 8.78 Å². The summed E-state index contributed by atoms with van der Waals surface area (Å²) in [6, 6.07) is 3.51. The van der Waals surface area contributed by atoms with Crippen LogP contribution >= 0.6 is 11.3 Å². The smallest absolute Gasteiger partial charge is 0.281 e. The first kappa shape index (κ1) is 17.2. The number of thiazole rings is 1. The number of rotatable bonds is 6. The molecule has 1 unspecified atom stereocenters. The van der Waals surface area contributed by atoms with E-state index in [4.69, 9.17) is 10.5 Å². The minimum Gasteiger partial charge on any atom is -0.489 e. The molecule has 5 nitrogen and oxygen atoms in total. The first-order valence-corrected chi connectivity index (χ1v) is 8.79. The van der Waals surface area contributed by atoms with Crippen LogP contribution in [0.15, 0.2) is 30.0 Å². The highest BCUT2D eigenvalue weighted by molar-refractivity contribution is 7.09. The summed E-state index contributed by atoms with van der Waals surface area (Å²) in [5, 5.41) is 0. The van der Waals surface area contributed by atoms with Crippen LogP contribution in [-0.4, -0.2) is 40.6 Å². The van der Waals surface area contributed by atoms with E-state index in [1.165, 1.54) is 16.8 Å². The van der Waals surface area contributed by atoms with Gasteiger partial charge in [0.25, 0.3) is 6.43 Å². The Balaban J connectivity index is 1.61. The summed E-state index contributed by atoms with van der Waals surface area (Å²) in [4.78, 5) is 10.6. The Bertz CT molecular complexity index is 632. The SMILES string of the molecule is NCC(c1scnc1C(F)F)N1CCC(Oc2cccnc2)CC1. The van der Waals surface area contributed by atoms with Gasteiger partial charge >= 0.3 is 0 Å². The van der Waals surface area contributed by atoms with Gasteiger partial charge in [0, 0.05) is 25.8 Å². The predicted molar refractivity (Wildman–Crippen MR) is 88.3 cm³/mol. The fourth-order valence-electron chi connectivity index (χ4n) is 3.01. The van der Waals surface area contributed by atoms with E-state index in [0.29, 0.717) is 11.4 Å². The van der Waals surface area contributed by atoms with Crippen molar-refractivity contribution in [2.24, 2.45) is 5.73 Å². The third kappa shape index (κ3) is 3.88. The number of likely N-dealkylation sites (tertiary alicyclic amines) is 1. The third-order valence-electron chi connectivity index (χ3n) is 4.21. The molecule has 0 amide bonds. The van der Waals surface area contributed by atoms with Gasteiger partial charge in [-0.15, -0.1) is 11.3 Å². The van der Waals surface area contributed by atoms with E-state index in [2.05, 4.69) is 14.9 Å². The summed E-state index contributed by atoms with van der Waals surface area (Å²) < 4.78 is 32.1. The zero-order valence-corrected chi connectivity index (χ0v) is 14.0. The lowest BCUT2D eigenvalue weighted by atomic mass is 10.0. The highest BCUT2D eigenvalue weighted by Gasteiger charge is 2.30. The molecule has 8 heteroatoms. The number of halogens is 2. The van der Waals surface area contributed by atoms with Crippen LogP contribution in [-0.2, 0) is 0 Å². The Kier molecular flexibility index (Phi) is 5.70. The largest absolute Gasteiger partial charge is 0.489 e. The second-order valence-corrected chi connectivity index (χ2v) is 6.58. The lowest BCUT2D eigenvalue weighted by molar-refractivity contribution is 0.0754. The van der Waals surface area contributed by atoms with Gasteiger partial charge in [-0.05, 0) is 25.0 Å². The Morgan fingerprint density at radius 2 is 2.17 bits per heavy atom. The topological polar surface area (TPSA) is 64.3 Å². The van der Waals surface area contributed by atoms with Crippen molar-refractivity contribution in [1.29, 1.82) is 0 Å². The molecule has 3 heterocycles.